The Morgan fingerprint density at radius 2 is 2.29 bits per heavy atom. The lowest BCUT2D eigenvalue weighted by molar-refractivity contribution is -0.104. The van der Waals surface area contributed by atoms with Crippen LogP contribution >= 0.6 is 11.6 Å². The van der Waals surface area contributed by atoms with E-state index in [9.17, 15) is 4.79 Å². The molecule has 0 aromatic carbocycles. The Bertz CT molecular complexity index is 127. The van der Waals surface area contributed by atoms with Crippen LogP contribution in [0, 0.1) is 11.3 Å². The maximum atomic E-state index is 9.48. The van der Waals surface area contributed by atoms with Crippen LogP contribution in [0.3, 0.4) is 0 Å². The van der Waals surface area contributed by atoms with Gasteiger partial charge in [0.25, 0.3) is 0 Å². The fourth-order valence-corrected chi connectivity index (χ4v) is 0.182. The van der Waals surface area contributed by atoms with Gasteiger partial charge >= 0.3 is 0 Å². The lowest BCUT2D eigenvalue weighted by atomic mass is 10.5. The molecule has 1 nitrogen and oxygen atoms in total. The van der Waals surface area contributed by atoms with Crippen molar-refractivity contribution in [2.24, 2.45) is 0 Å². The maximum Gasteiger partial charge on any atom is 0.143 e. The number of aldehydes is 1. The van der Waals surface area contributed by atoms with Crippen LogP contribution in [0.5, 0.6) is 0 Å². The number of carbonyl (C=O) groups excluding carboxylic acids is 1. The molecule has 0 aromatic rings. The molecule has 36 valence electrons. The van der Waals surface area contributed by atoms with Gasteiger partial charge in [-0.3, -0.25) is 4.79 Å². The van der Waals surface area contributed by atoms with Crippen LogP contribution in [0.25, 0.3) is 0 Å². The molecule has 7 heavy (non-hydrogen) atoms. The fraction of sp³-hybridized carbons (Fsp3) is 0. The molecule has 0 spiro atoms. The van der Waals surface area contributed by atoms with Gasteiger partial charge in [0.15, 0.2) is 0 Å². The smallest absolute Gasteiger partial charge is 0.143 e. The highest BCUT2D eigenvalue weighted by molar-refractivity contribution is 6.30. The SMILES string of the molecule is O=CC=CC#CCl. The van der Waals surface area contributed by atoms with Gasteiger partial charge in [-0.1, -0.05) is 5.92 Å². The molecular weight excluding hydrogens is 112 g/mol. The molecule has 0 rings (SSSR count). The lowest BCUT2D eigenvalue weighted by Crippen LogP contribution is -1.53. The van der Waals surface area contributed by atoms with E-state index in [4.69, 9.17) is 11.6 Å². The number of hydrogen-bond donors (Lipinski definition) is 0. The van der Waals surface area contributed by atoms with E-state index in [-0.39, 0.29) is 0 Å². The van der Waals surface area contributed by atoms with Crippen LogP contribution in [-0.4, -0.2) is 6.29 Å². The molecule has 0 aliphatic rings. The predicted molar refractivity (Wildman–Crippen MR) is 28.8 cm³/mol. The van der Waals surface area contributed by atoms with E-state index in [2.05, 4.69) is 11.3 Å². The van der Waals surface area contributed by atoms with Crippen molar-refractivity contribution in [3.63, 3.8) is 0 Å². The summed E-state index contributed by atoms with van der Waals surface area (Å²) in [5.41, 5.74) is 0. The van der Waals surface area contributed by atoms with Crippen molar-refractivity contribution in [3.05, 3.63) is 12.2 Å². The van der Waals surface area contributed by atoms with Crippen molar-refractivity contribution in [2.45, 2.75) is 0 Å². The highest BCUT2D eigenvalue weighted by Gasteiger charge is 1.55. The molecule has 0 heterocycles. The quantitative estimate of drug-likeness (QED) is 0.282. The van der Waals surface area contributed by atoms with Crippen LogP contribution < -0.4 is 0 Å². The third-order valence-corrected chi connectivity index (χ3v) is 0.422. The molecule has 2 heteroatoms. The molecule has 0 aliphatic carbocycles. The number of carbonyl (C=O) groups is 1. The predicted octanol–water partition coefficient (Wildman–Crippen LogP) is 0.941. The first-order valence-electron chi connectivity index (χ1n) is 1.63. The third kappa shape index (κ3) is 5.26. The van der Waals surface area contributed by atoms with Crippen LogP contribution in [-0.2, 0) is 4.79 Å². The first kappa shape index (κ1) is 6.26. The minimum absolute atomic E-state index is 0.640. The Morgan fingerprint density at radius 1 is 1.57 bits per heavy atom. The van der Waals surface area contributed by atoms with E-state index in [0.29, 0.717) is 6.29 Å². The maximum absolute atomic E-state index is 9.48. The van der Waals surface area contributed by atoms with Gasteiger partial charge in [0.2, 0.25) is 0 Å². The fourth-order valence-electron chi connectivity index (χ4n) is 0.119. The molecule has 0 N–H and O–H groups in total. The standard InChI is InChI=1S/C5H3ClO/c6-4-2-1-3-5-7/h1,3,5H. The topological polar surface area (TPSA) is 17.1 Å². The zero-order chi connectivity index (χ0) is 5.54. The van der Waals surface area contributed by atoms with Crippen LogP contribution in [0.4, 0.5) is 0 Å². The zero-order valence-corrected chi connectivity index (χ0v) is 4.27. The van der Waals surface area contributed by atoms with Crippen molar-refractivity contribution in [3.8, 4) is 11.3 Å². The third-order valence-electron chi connectivity index (χ3n) is 0.313. The van der Waals surface area contributed by atoms with Gasteiger partial charge in [0, 0.05) is 5.38 Å². The minimum atomic E-state index is 0.640. The summed E-state index contributed by atoms with van der Waals surface area (Å²) in [6.07, 6.45) is 3.29. The number of rotatable bonds is 1. The Kier molecular flexibility index (Phi) is 4.70. The summed E-state index contributed by atoms with van der Waals surface area (Å²) in [6, 6.07) is 0. The van der Waals surface area contributed by atoms with Crippen molar-refractivity contribution < 1.29 is 4.79 Å². The summed E-state index contributed by atoms with van der Waals surface area (Å²) in [4.78, 5) is 9.48. The second-order valence-corrected chi connectivity index (χ2v) is 0.923. The van der Waals surface area contributed by atoms with Gasteiger partial charge in [-0.05, 0) is 23.8 Å². The molecule has 0 radical (unpaired) electrons. The number of allylic oxidation sites excluding steroid dienone is 2. The molecule has 0 saturated carbocycles. The van der Waals surface area contributed by atoms with Crippen molar-refractivity contribution in [1.29, 1.82) is 0 Å². The molecule has 0 aromatic heterocycles. The summed E-state index contributed by atoms with van der Waals surface area (Å²) < 4.78 is 0. The number of halogens is 1. The summed E-state index contributed by atoms with van der Waals surface area (Å²) in [5, 5.41) is 2.08. The van der Waals surface area contributed by atoms with E-state index >= 15 is 0 Å². The van der Waals surface area contributed by atoms with Crippen LogP contribution in [0.15, 0.2) is 12.2 Å². The Labute approximate surface area is 47.0 Å². The largest absolute Gasteiger partial charge is 0.299 e. The monoisotopic (exact) mass is 114 g/mol. The molecule has 0 bridgehead atoms. The van der Waals surface area contributed by atoms with Crippen LogP contribution in [0.1, 0.15) is 0 Å². The van der Waals surface area contributed by atoms with E-state index in [1.165, 1.54) is 12.2 Å². The molecular formula is C5H3ClO. The van der Waals surface area contributed by atoms with Gasteiger partial charge in [-0.2, -0.15) is 0 Å². The lowest BCUT2D eigenvalue weighted by Gasteiger charge is -1.55. The Morgan fingerprint density at radius 3 is 2.71 bits per heavy atom. The first-order chi connectivity index (χ1) is 3.41. The first-order valence-corrected chi connectivity index (χ1v) is 2.01. The van der Waals surface area contributed by atoms with E-state index in [1.54, 1.807) is 0 Å². The highest BCUT2D eigenvalue weighted by Crippen LogP contribution is 1.65. The van der Waals surface area contributed by atoms with Gasteiger partial charge < -0.3 is 0 Å². The molecule has 0 fully saturated rings. The highest BCUT2D eigenvalue weighted by atomic mass is 35.5. The van der Waals surface area contributed by atoms with Gasteiger partial charge in [0.05, 0.1) is 0 Å². The summed E-state index contributed by atoms with van der Waals surface area (Å²) in [6.45, 7) is 0. The minimum Gasteiger partial charge on any atom is -0.299 e. The van der Waals surface area contributed by atoms with Crippen molar-refractivity contribution in [1.82, 2.24) is 0 Å². The average Bonchev–Trinajstić information content (AvgIpc) is 1.69. The van der Waals surface area contributed by atoms with Crippen molar-refractivity contribution in [2.75, 3.05) is 0 Å². The normalized spacial score (nSPS) is 7.57. The summed E-state index contributed by atoms with van der Waals surface area (Å²) in [5.74, 6) is 2.35. The van der Waals surface area contributed by atoms with Gasteiger partial charge in [-0.15, -0.1) is 0 Å². The van der Waals surface area contributed by atoms with E-state index < -0.39 is 0 Å². The zero-order valence-electron chi connectivity index (χ0n) is 3.52. The summed E-state index contributed by atoms with van der Waals surface area (Å²) in [7, 11) is 0. The average molecular weight is 115 g/mol. The molecule has 0 atom stereocenters. The molecule has 0 aliphatic heterocycles. The van der Waals surface area contributed by atoms with Crippen LogP contribution in [0.2, 0.25) is 0 Å². The van der Waals surface area contributed by atoms with E-state index in [0.717, 1.165) is 0 Å². The van der Waals surface area contributed by atoms with E-state index in [1.807, 2.05) is 0 Å². The molecule has 0 amide bonds. The summed E-state index contributed by atoms with van der Waals surface area (Å²) >= 11 is 4.91. The Balaban J connectivity index is 3.40. The molecule has 0 unspecified atom stereocenters. The van der Waals surface area contributed by atoms with Crippen molar-refractivity contribution >= 4 is 17.9 Å². The molecule has 0 saturated heterocycles. The van der Waals surface area contributed by atoms with Gasteiger partial charge in [-0.25, -0.2) is 0 Å². The second kappa shape index (κ2) is 5.26. The Hall–Kier alpha value is -0.740. The second-order valence-electron chi connectivity index (χ2n) is 0.734. The number of hydrogen-bond acceptors (Lipinski definition) is 1. The van der Waals surface area contributed by atoms with Gasteiger partial charge in [0.1, 0.15) is 6.29 Å².